The molecule has 0 aliphatic carbocycles. The summed E-state index contributed by atoms with van der Waals surface area (Å²) in [5.74, 6) is 1.41. The average Bonchev–Trinajstić information content (AvgIpc) is 2.39. The van der Waals surface area contributed by atoms with Gasteiger partial charge >= 0.3 is 0 Å². The van der Waals surface area contributed by atoms with E-state index in [-0.39, 0.29) is 0 Å². The van der Waals surface area contributed by atoms with E-state index in [1.807, 2.05) is 46.0 Å². The fourth-order valence-corrected chi connectivity index (χ4v) is 1.90. The monoisotopic (exact) mass is 267 g/mol. The Hall–Kier alpha value is -1.26. The Morgan fingerprint density at radius 1 is 1.16 bits per heavy atom. The van der Waals surface area contributed by atoms with E-state index in [0.717, 1.165) is 17.9 Å². The second-order valence-electron chi connectivity index (χ2n) is 4.65. The number of ether oxygens (including phenoxy) is 2. The minimum Gasteiger partial charge on any atom is -0.490 e. The molecular weight excluding hydrogens is 242 g/mol. The number of aliphatic hydroxyl groups is 1. The maximum Gasteiger partial charge on any atom is 0.161 e. The van der Waals surface area contributed by atoms with Gasteiger partial charge in [0.15, 0.2) is 11.5 Å². The van der Waals surface area contributed by atoms with E-state index in [2.05, 4.69) is 5.32 Å². The minimum atomic E-state index is -0.875. The predicted octanol–water partition coefficient (Wildman–Crippen LogP) is 2.30. The third-order valence-electron chi connectivity index (χ3n) is 3.03. The molecule has 0 fully saturated rings. The van der Waals surface area contributed by atoms with Gasteiger partial charge in [-0.15, -0.1) is 0 Å². The Morgan fingerprint density at radius 3 is 2.37 bits per heavy atom. The molecule has 4 nitrogen and oxygen atoms in total. The van der Waals surface area contributed by atoms with E-state index in [1.54, 1.807) is 0 Å². The molecule has 1 rings (SSSR count). The SMILES string of the molecule is CCOc1ccc(C(C)(O)CCNC)cc1OCC. The molecule has 1 aromatic rings. The first-order valence-electron chi connectivity index (χ1n) is 6.82. The van der Waals surface area contributed by atoms with Crippen molar-refractivity contribution in [3.63, 3.8) is 0 Å². The summed E-state index contributed by atoms with van der Waals surface area (Å²) in [7, 11) is 1.87. The molecule has 0 aliphatic heterocycles. The fourth-order valence-electron chi connectivity index (χ4n) is 1.90. The van der Waals surface area contributed by atoms with Crippen molar-refractivity contribution in [2.24, 2.45) is 0 Å². The Kier molecular flexibility index (Phi) is 6.12. The van der Waals surface area contributed by atoms with Crippen LogP contribution in [0.15, 0.2) is 18.2 Å². The first-order valence-corrected chi connectivity index (χ1v) is 6.82. The highest BCUT2D eigenvalue weighted by Gasteiger charge is 2.23. The molecule has 0 saturated carbocycles. The topological polar surface area (TPSA) is 50.7 Å². The van der Waals surface area contributed by atoms with Gasteiger partial charge in [-0.2, -0.15) is 0 Å². The van der Waals surface area contributed by atoms with E-state index in [0.29, 0.717) is 25.4 Å². The van der Waals surface area contributed by atoms with Gasteiger partial charge in [0.2, 0.25) is 0 Å². The Morgan fingerprint density at radius 2 is 1.79 bits per heavy atom. The lowest BCUT2D eigenvalue weighted by Gasteiger charge is -2.25. The van der Waals surface area contributed by atoms with Crippen molar-refractivity contribution in [3.05, 3.63) is 23.8 Å². The highest BCUT2D eigenvalue weighted by atomic mass is 16.5. The summed E-state index contributed by atoms with van der Waals surface area (Å²) in [4.78, 5) is 0. The van der Waals surface area contributed by atoms with E-state index in [4.69, 9.17) is 9.47 Å². The molecule has 108 valence electrons. The summed E-state index contributed by atoms with van der Waals surface area (Å²) in [6.45, 7) is 7.60. The Bertz CT molecular complexity index is 391. The number of rotatable bonds is 8. The molecular formula is C15H25NO3. The smallest absolute Gasteiger partial charge is 0.161 e. The summed E-state index contributed by atoms with van der Waals surface area (Å²) >= 11 is 0. The standard InChI is InChI=1S/C15H25NO3/c1-5-18-13-8-7-12(11-14(13)19-6-2)15(3,17)9-10-16-4/h7-8,11,16-17H,5-6,9-10H2,1-4H3. The van der Waals surface area contributed by atoms with Gasteiger partial charge in [-0.05, 0) is 58.5 Å². The van der Waals surface area contributed by atoms with E-state index in [9.17, 15) is 5.11 Å². The predicted molar refractivity (Wildman–Crippen MR) is 76.9 cm³/mol. The summed E-state index contributed by atoms with van der Waals surface area (Å²) in [5, 5.41) is 13.5. The molecule has 0 saturated heterocycles. The lowest BCUT2D eigenvalue weighted by Crippen LogP contribution is -2.26. The van der Waals surface area contributed by atoms with Crippen LogP contribution in [0.25, 0.3) is 0 Å². The molecule has 1 atom stereocenters. The molecule has 0 heterocycles. The number of hydrogen-bond donors (Lipinski definition) is 2. The van der Waals surface area contributed by atoms with Gasteiger partial charge in [0, 0.05) is 0 Å². The average molecular weight is 267 g/mol. The van der Waals surface area contributed by atoms with Crippen LogP contribution in [-0.4, -0.2) is 31.9 Å². The molecule has 0 amide bonds. The van der Waals surface area contributed by atoms with Crippen molar-refractivity contribution in [3.8, 4) is 11.5 Å². The lowest BCUT2D eigenvalue weighted by molar-refractivity contribution is 0.0482. The highest BCUT2D eigenvalue weighted by molar-refractivity contribution is 5.44. The van der Waals surface area contributed by atoms with Gasteiger partial charge in [0.05, 0.1) is 18.8 Å². The molecule has 1 unspecified atom stereocenters. The quantitative estimate of drug-likeness (QED) is 0.759. The van der Waals surface area contributed by atoms with Gasteiger partial charge in [-0.3, -0.25) is 0 Å². The third kappa shape index (κ3) is 4.40. The van der Waals surface area contributed by atoms with Gasteiger partial charge in [0.1, 0.15) is 0 Å². The van der Waals surface area contributed by atoms with Crippen molar-refractivity contribution in [2.45, 2.75) is 32.8 Å². The van der Waals surface area contributed by atoms with Crippen LogP contribution in [0.5, 0.6) is 11.5 Å². The van der Waals surface area contributed by atoms with Crippen LogP contribution in [0, 0.1) is 0 Å². The molecule has 0 aliphatic rings. The van der Waals surface area contributed by atoms with E-state index in [1.165, 1.54) is 0 Å². The summed E-state index contributed by atoms with van der Waals surface area (Å²) < 4.78 is 11.1. The van der Waals surface area contributed by atoms with E-state index < -0.39 is 5.60 Å². The molecule has 0 radical (unpaired) electrons. The lowest BCUT2D eigenvalue weighted by atomic mass is 9.92. The first-order chi connectivity index (χ1) is 9.05. The largest absolute Gasteiger partial charge is 0.490 e. The van der Waals surface area contributed by atoms with Gasteiger partial charge in [-0.25, -0.2) is 0 Å². The molecule has 0 spiro atoms. The zero-order valence-corrected chi connectivity index (χ0v) is 12.3. The van der Waals surface area contributed by atoms with Crippen LogP contribution in [0.3, 0.4) is 0 Å². The van der Waals surface area contributed by atoms with Crippen LogP contribution in [-0.2, 0) is 5.60 Å². The maximum absolute atomic E-state index is 10.5. The van der Waals surface area contributed by atoms with Gasteiger partial charge in [0.25, 0.3) is 0 Å². The molecule has 0 aromatic heterocycles. The molecule has 19 heavy (non-hydrogen) atoms. The number of benzene rings is 1. The van der Waals surface area contributed by atoms with Crippen LogP contribution < -0.4 is 14.8 Å². The molecule has 4 heteroatoms. The minimum absolute atomic E-state index is 0.572. The van der Waals surface area contributed by atoms with Crippen molar-refractivity contribution >= 4 is 0 Å². The van der Waals surface area contributed by atoms with Gasteiger partial charge in [-0.1, -0.05) is 6.07 Å². The first kappa shape index (κ1) is 15.8. The van der Waals surface area contributed by atoms with Crippen molar-refractivity contribution < 1.29 is 14.6 Å². The number of hydrogen-bond acceptors (Lipinski definition) is 4. The highest BCUT2D eigenvalue weighted by Crippen LogP contribution is 2.33. The Labute approximate surface area is 115 Å². The second kappa shape index (κ2) is 7.36. The maximum atomic E-state index is 10.5. The van der Waals surface area contributed by atoms with Crippen LogP contribution in [0.1, 0.15) is 32.8 Å². The van der Waals surface area contributed by atoms with Crippen LogP contribution in [0.4, 0.5) is 0 Å². The summed E-state index contributed by atoms with van der Waals surface area (Å²) in [6, 6.07) is 5.62. The third-order valence-corrected chi connectivity index (χ3v) is 3.03. The zero-order valence-electron chi connectivity index (χ0n) is 12.3. The normalized spacial score (nSPS) is 13.9. The Balaban J connectivity index is 2.99. The summed E-state index contributed by atoms with van der Waals surface area (Å²) in [6.07, 6.45) is 0.642. The van der Waals surface area contributed by atoms with Crippen LogP contribution >= 0.6 is 0 Å². The van der Waals surface area contributed by atoms with Crippen molar-refractivity contribution in [1.82, 2.24) is 5.32 Å². The van der Waals surface area contributed by atoms with Crippen molar-refractivity contribution in [2.75, 3.05) is 26.8 Å². The van der Waals surface area contributed by atoms with Gasteiger partial charge < -0.3 is 19.9 Å². The fraction of sp³-hybridized carbons (Fsp3) is 0.600. The van der Waals surface area contributed by atoms with Crippen LogP contribution in [0.2, 0.25) is 0 Å². The molecule has 0 bridgehead atoms. The van der Waals surface area contributed by atoms with Crippen molar-refractivity contribution in [1.29, 1.82) is 0 Å². The second-order valence-corrected chi connectivity index (χ2v) is 4.65. The molecule has 2 N–H and O–H groups in total. The molecule has 1 aromatic carbocycles. The van der Waals surface area contributed by atoms with E-state index >= 15 is 0 Å². The summed E-state index contributed by atoms with van der Waals surface area (Å²) in [5.41, 5.74) is -0.0331. The number of nitrogens with one attached hydrogen (secondary N) is 1. The zero-order chi connectivity index (χ0) is 14.3.